The first-order valence-corrected chi connectivity index (χ1v) is 9.63. The predicted octanol–water partition coefficient (Wildman–Crippen LogP) is 3.89. The van der Waals surface area contributed by atoms with E-state index in [-0.39, 0.29) is 17.3 Å². The summed E-state index contributed by atoms with van der Waals surface area (Å²) in [5, 5.41) is 8.89. The van der Waals surface area contributed by atoms with Gasteiger partial charge in [0.2, 0.25) is 0 Å². The van der Waals surface area contributed by atoms with E-state index in [0.29, 0.717) is 24.3 Å². The number of ketones is 1. The molecule has 2 aliphatic carbocycles. The zero-order chi connectivity index (χ0) is 19.2. The van der Waals surface area contributed by atoms with Gasteiger partial charge in [0.25, 0.3) is 0 Å². The number of fused-ring (bicyclic) bond motifs is 3. The van der Waals surface area contributed by atoms with Gasteiger partial charge in [-0.25, -0.2) is 0 Å². The number of Topliss-reactive ketones (excluding diaryl/α,β-unsaturated/α-hetero) is 1. The highest BCUT2D eigenvalue weighted by atomic mass is 16.7. The molecule has 2 aromatic heterocycles. The van der Waals surface area contributed by atoms with Crippen molar-refractivity contribution in [2.24, 2.45) is 0 Å². The Hall–Kier alpha value is -1.99. The fraction of sp³-hybridized carbons (Fsp3) is 0.650. The van der Waals surface area contributed by atoms with E-state index in [4.69, 9.17) is 19.1 Å². The lowest BCUT2D eigenvalue weighted by molar-refractivity contribution is -0.139. The molecule has 1 atom stereocenters. The monoisotopic (exact) mass is 373 g/mol. The molecule has 146 valence electrons. The Morgan fingerprint density at radius 2 is 2.15 bits per heavy atom. The summed E-state index contributed by atoms with van der Waals surface area (Å²) in [7, 11) is 1.65. The van der Waals surface area contributed by atoms with E-state index in [1.807, 2.05) is 0 Å². The number of carbonyl (C=O) groups excluding carboxylic acids is 1. The third kappa shape index (κ3) is 3.23. The summed E-state index contributed by atoms with van der Waals surface area (Å²) in [6.45, 7) is 6.13. The maximum Gasteiger partial charge on any atom is 0.181 e. The highest BCUT2D eigenvalue weighted by Gasteiger charge is 2.36. The average Bonchev–Trinajstić information content (AvgIpc) is 3.25. The zero-order valence-corrected chi connectivity index (χ0v) is 16.4. The molecule has 2 aromatic rings. The van der Waals surface area contributed by atoms with Crippen LogP contribution in [0.25, 0.3) is 11.3 Å². The first kappa shape index (κ1) is 18.4. The minimum Gasteiger partial charge on any atom is -0.359 e. The van der Waals surface area contributed by atoms with E-state index in [1.165, 1.54) is 6.92 Å². The van der Waals surface area contributed by atoms with Crippen molar-refractivity contribution in [3.05, 3.63) is 23.1 Å². The van der Waals surface area contributed by atoms with Gasteiger partial charge in [0, 0.05) is 25.8 Å². The highest BCUT2D eigenvalue weighted by Crippen LogP contribution is 2.43. The molecule has 0 N–H and O–H groups in total. The van der Waals surface area contributed by atoms with Crippen LogP contribution >= 0.6 is 0 Å². The summed E-state index contributed by atoms with van der Waals surface area (Å²) in [6.07, 6.45) is 6.85. The van der Waals surface area contributed by atoms with E-state index in [2.05, 4.69) is 29.9 Å². The number of carbonyl (C=O) groups is 1. The zero-order valence-electron chi connectivity index (χ0n) is 16.4. The second kappa shape index (κ2) is 6.87. The molecule has 0 bridgehead atoms. The number of methoxy groups -OCH3 is 1. The highest BCUT2D eigenvalue weighted by molar-refractivity contribution is 5.95. The first-order chi connectivity index (χ1) is 12.9. The Morgan fingerprint density at radius 3 is 2.81 bits per heavy atom. The van der Waals surface area contributed by atoms with Gasteiger partial charge >= 0.3 is 0 Å². The van der Waals surface area contributed by atoms with Gasteiger partial charge in [0.05, 0.1) is 22.9 Å². The molecule has 0 spiro atoms. The predicted molar refractivity (Wildman–Crippen MR) is 98.7 cm³/mol. The average molecular weight is 373 g/mol. The molecule has 0 amide bonds. The molecule has 0 saturated heterocycles. The van der Waals surface area contributed by atoms with Gasteiger partial charge in [-0.15, -0.1) is 0 Å². The lowest BCUT2D eigenvalue weighted by atomic mass is 9.83. The van der Waals surface area contributed by atoms with Gasteiger partial charge in [-0.1, -0.05) is 12.1 Å². The van der Waals surface area contributed by atoms with Crippen molar-refractivity contribution in [2.45, 2.75) is 70.4 Å². The Kier molecular flexibility index (Phi) is 4.68. The molecule has 2 heterocycles. The summed E-state index contributed by atoms with van der Waals surface area (Å²) in [5.74, 6) is 0.840. The number of rotatable bonds is 5. The van der Waals surface area contributed by atoms with Crippen LogP contribution in [-0.2, 0) is 15.9 Å². The van der Waals surface area contributed by atoms with Gasteiger partial charge < -0.3 is 14.0 Å². The summed E-state index contributed by atoms with van der Waals surface area (Å²) in [6, 6.07) is 0.351. The summed E-state index contributed by atoms with van der Waals surface area (Å²) in [5.41, 5.74) is 3.28. The van der Waals surface area contributed by atoms with Crippen LogP contribution in [0.2, 0.25) is 0 Å². The number of nitrogens with zero attached hydrogens (tertiary/aromatic N) is 3. The van der Waals surface area contributed by atoms with Crippen molar-refractivity contribution in [2.75, 3.05) is 13.9 Å². The van der Waals surface area contributed by atoms with Crippen LogP contribution in [0.15, 0.2) is 10.7 Å². The smallest absolute Gasteiger partial charge is 0.181 e. The SMILES string of the molecule is COCO[C@]1(C)CC[C@@H](n2cc3c(n2)C[C@H](C)c2c(C(C)=O)noc2-3)CC1. The quantitative estimate of drug-likeness (QED) is 0.584. The summed E-state index contributed by atoms with van der Waals surface area (Å²) >= 11 is 0. The van der Waals surface area contributed by atoms with Gasteiger partial charge in [-0.05, 0) is 44.9 Å². The minimum atomic E-state index is -0.123. The summed E-state index contributed by atoms with van der Waals surface area (Å²) < 4.78 is 18.6. The number of aromatic nitrogens is 3. The van der Waals surface area contributed by atoms with Crippen molar-refractivity contribution in [3.8, 4) is 11.3 Å². The van der Waals surface area contributed by atoms with Crippen molar-refractivity contribution in [3.63, 3.8) is 0 Å². The third-order valence-electron chi connectivity index (χ3n) is 6.02. The maximum atomic E-state index is 11.9. The fourth-order valence-corrected chi connectivity index (χ4v) is 4.37. The number of hydrogen-bond donors (Lipinski definition) is 0. The molecule has 1 saturated carbocycles. The molecule has 0 aliphatic heterocycles. The molecule has 1 fully saturated rings. The molecule has 4 rings (SSSR count). The Labute approximate surface area is 159 Å². The van der Waals surface area contributed by atoms with Crippen LogP contribution < -0.4 is 0 Å². The van der Waals surface area contributed by atoms with E-state index >= 15 is 0 Å². The van der Waals surface area contributed by atoms with E-state index in [9.17, 15) is 4.79 Å². The largest absolute Gasteiger partial charge is 0.359 e. The van der Waals surface area contributed by atoms with Crippen LogP contribution in [0.1, 0.15) is 80.2 Å². The number of ether oxygens (including phenoxy) is 2. The first-order valence-electron chi connectivity index (χ1n) is 9.63. The van der Waals surface area contributed by atoms with Gasteiger partial charge in [-0.2, -0.15) is 5.10 Å². The Balaban J connectivity index is 1.56. The second-order valence-corrected chi connectivity index (χ2v) is 8.14. The van der Waals surface area contributed by atoms with Crippen LogP contribution in [0.4, 0.5) is 0 Å². The van der Waals surface area contributed by atoms with E-state index in [0.717, 1.165) is 48.9 Å². The second-order valence-electron chi connectivity index (χ2n) is 8.14. The molecule has 0 unspecified atom stereocenters. The third-order valence-corrected chi connectivity index (χ3v) is 6.02. The van der Waals surface area contributed by atoms with Crippen LogP contribution in [-0.4, -0.2) is 40.2 Å². The standard InChI is InChI=1S/C20H27N3O4/c1-12-9-16-15(19-17(12)18(13(2)24)22-27-19)10-23(21-16)14-5-7-20(3,8-6-14)26-11-25-4/h10,12,14H,5-9,11H2,1-4H3/t12-,14-,20-/m0/s1. The molecular formula is C20H27N3O4. The fourth-order valence-electron chi connectivity index (χ4n) is 4.37. The number of hydrogen-bond acceptors (Lipinski definition) is 6. The molecule has 27 heavy (non-hydrogen) atoms. The van der Waals surface area contributed by atoms with Crippen molar-refractivity contribution >= 4 is 5.78 Å². The summed E-state index contributed by atoms with van der Waals surface area (Å²) in [4.78, 5) is 11.9. The molecule has 2 aliphatic rings. The van der Waals surface area contributed by atoms with E-state index in [1.54, 1.807) is 7.11 Å². The Bertz CT molecular complexity index is 846. The van der Waals surface area contributed by atoms with Crippen molar-refractivity contribution in [1.29, 1.82) is 0 Å². The lowest BCUT2D eigenvalue weighted by Gasteiger charge is -2.37. The van der Waals surface area contributed by atoms with Crippen LogP contribution in [0.3, 0.4) is 0 Å². The molecular weight excluding hydrogens is 346 g/mol. The van der Waals surface area contributed by atoms with Crippen LogP contribution in [0.5, 0.6) is 0 Å². The van der Waals surface area contributed by atoms with Gasteiger partial charge in [-0.3, -0.25) is 9.48 Å². The molecule has 7 nitrogen and oxygen atoms in total. The van der Waals surface area contributed by atoms with Crippen molar-refractivity contribution in [1.82, 2.24) is 14.9 Å². The minimum absolute atomic E-state index is 0.0506. The molecule has 7 heteroatoms. The Morgan fingerprint density at radius 1 is 1.41 bits per heavy atom. The van der Waals surface area contributed by atoms with Crippen LogP contribution in [0, 0.1) is 0 Å². The van der Waals surface area contributed by atoms with Crippen molar-refractivity contribution < 1.29 is 18.8 Å². The van der Waals surface area contributed by atoms with Gasteiger partial charge in [0.15, 0.2) is 17.2 Å². The molecule has 0 radical (unpaired) electrons. The van der Waals surface area contributed by atoms with Gasteiger partial charge in [0.1, 0.15) is 6.79 Å². The molecule has 0 aromatic carbocycles. The topological polar surface area (TPSA) is 79.4 Å². The van der Waals surface area contributed by atoms with E-state index < -0.39 is 0 Å². The lowest BCUT2D eigenvalue weighted by Crippen LogP contribution is -2.35. The maximum absolute atomic E-state index is 11.9. The normalized spacial score (nSPS) is 27.3.